The Morgan fingerprint density at radius 3 is 2.71 bits per heavy atom. The maximum absolute atomic E-state index is 12.6. The van der Waals surface area contributed by atoms with Crippen molar-refractivity contribution >= 4 is 5.82 Å². The normalized spacial score (nSPS) is 11.6. The summed E-state index contributed by atoms with van der Waals surface area (Å²) in [5.41, 5.74) is 0. The molecule has 0 aliphatic heterocycles. The molecule has 0 saturated heterocycles. The molecule has 0 bridgehead atoms. The summed E-state index contributed by atoms with van der Waals surface area (Å²) in [6, 6.07) is 1.26. The zero-order valence-electron chi connectivity index (χ0n) is 8.96. The van der Waals surface area contributed by atoms with E-state index in [4.69, 9.17) is 4.74 Å². The molecule has 0 radical (unpaired) electrons. The highest BCUT2D eigenvalue weighted by molar-refractivity contribution is 5.37. The van der Waals surface area contributed by atoms with Crippen LogP contribution in [-0.4, -0.2) is 35.5 Å². The highest BCUT2D eigenvalue weighted by atomic mass is 19.3. The predicted molar refractivity (Wildman–Crippen MR) is 52.6 cm³/mol. The first kappa shape index (κ1) is 13.5. The van der Waals surface area contributed by atoms with Gasteiger partial charge >= 0.3 is 12.3 Å². The van der Waals surface area contributed by atoms with Gasteiger partial charge in [0.25, 0.3) is 0 Å². The molecule has 0 aliphatic carbocycles. The third-order valence-corrected chi connectivity index (χ3v) is 1.76. The molecule has 17 heavy (non-hydrogen) atoms. The quantitative estimate of drug-likeness (QED) is 0.789. The van der Waals surface area contributed by atoms with Crippen molar-refractivity contribution < 1.29 is 22.3 Å². The van der Waals surface area contributed by atoms with Gasteiger partial charge in [-0.25, -0.2) is 18.7 Å². The molecule has 1 heterocycles. The summed E-state index contributed by atoms with van der Waals surface area (Å²) >= 11 is 0. The maximum Gasteiger partial charge on any atom is 0.324 e. The van der Waals surface area contributed by atoms with Gasteiger partial charge in [0.2, 0.25) is 5.88 Å². The van der Waals surface area contributed by atoms with E-state index in [1.54, 1.807) is 6.92 Å². The van der Waals surface area contributed by atoms with Crippen LogP contribution in [0.25, 0.3) is 0 Å². The van der Waals surface area contributed by atoms with Crippen LogP contribution in [0.2, 0.25) is 0 Å². The van der Waals surface area contributed by atoms with Gasteiger partial charge in [-0.05, 0) is 6.92 Å². The molecular formula is C9H11F4N3O. The van der Waals surface area contributed by atoms with Gasteiger partial charge in [-0.3, -0.25) is 0 Å². The molecule has 8 heteroatoms. The lowest BCUT2D eigenvalue weighted by Crippen LogP contribution is -2.35. The molecule has 0 aliphatic rings. The summed E-state index contributed by atoms with van der Waals surface area (Å²) in [5.74, 6) is -3.91. The summed E-state index contributed by atoms with van der Waals surface area (Å²) in [5, 5.41) is 2.10. The Hall–Kier alpha value is -1.60. The fourth-order valence-corrected chi connectivity index (χ4v) is 0.949. The van der Waals surface area contributed by atoms with E-state index in [0.29, 0.717) is 6.61 Å². The minimum Gasteiger partial charge on any atom is -0.478 e. The average Bonchev–Trinajstić information content (AvgIpc) is 2.27. The number of nitrogens with one attached hydrogen (secondary N) is 1. The van der Waals surface area contributed by atoms with Crippen LogP contribution in [0.15, 0.2) is 12.4 Å². The third kappa shape index (κ3) is 4.04. The van der Waals surface area contributed by atoms with E-state index in [1.807, 2.05) is 0 Å². The second kappa shape index (κ2) is 5.65. The van der Waals surface area contributed by atoms with E-state index in [2.05, 4.69) is 15.3 Å². The Morgan fingerprint density at radius 2 is 2.12 bits per heavy atom. The third-order valence-electron chi connectivity index (χ3n) is 1.76. The van der Waals surface area contributed by atoms with Crippen LogP contribution in [0.5, 0.6) is 5.88 Å². The Bertz CT molecular complexity index is 362. The number of halogens is 4. The molecule has 0 spiro atoms. The van der Waals surface area contributed by atoms with Crippen molar-refractivity contribution in [2.45, 2.75) is 19.3 Å². The number of ether oxygens (including phenoxy) is 1. The van der Waals surface area contributed by atoms with Crippen LogP contribution >= 0.6 is 0 Å². The van der Waals surface area contributed by atoms with Gasteiger partial charge in [0.1, 0.15) is 12.1 Å². The molecule has 1 N–H and O–H groups in total. The van der Waals surface area contributed by atoms with Crippen LogP contribution in [-0.2, 0) is 0 Å². The smallest absolute Gasteiger partial charge is 0.324 e. The second-order valence-corrected chi connectivity index (χ2v) is 3.09. The topological polar surface area (TPSA) is 47.0 Å². The highest BCUT2D eigenvalue weighted by Gasteiger charge is 2.40. The Balaban J connectivity index is 2.60. The van der Waals surface area contributed by atoms with Crippen molar-refractivity contribution in [1.29, 1.82) is 0 Å². The molecule has 0 fully saturated rings. The molecule has 1 aromatic heterocycles. The SMILES string of the molecule is CCOc1cc(NCC(F)(F)C(F)F)ncn1. The first-order valence-corrected chi connectivity index (χ1v) is 4.80. The molecule has 1 aromatic rings. The van der Waals surface area contributed by atoms with E-state index in [1.165, 1.54) is 6.07 Å². The second-order valence-electron chi connectivity index (χ2n) is 3.09. The van der Waals surface area contributed by atoms with Gasteiger partial charge in [-0.2, -0.15) is 8.78 Å². The van der Waals surface area contributed by atoms with Gasteiger partial charge in [-0.15, -0.1) is 0 Å². The number of alkyl halides is 4. The van der Waals surface area contributed by atoms with Gasteiger partial charge in [0.15, 0.2) is 0 Å². The minimum absolute atomic E-state index is 0.00350. The molecule has 1 rings (SSSR count). The van der Waals surface area contributed by atoms with Gasteiger partial charge in [0, 0.05) is 6.07 Å². The fraction of sp³-hybridized carbons (Fsp3) is 0.556. The first-order valence-electron chi connectivity index (χ1n) is 4.80. The van der Waals surface area contributed by atoms with Gasteiger partial charge in [-0.1, -0.05) is 0 Å². The molecule has 96 valence electrons. The number of hydrogen-bond acceptors (Lipinski definition) is 4. The number of anilines is 1. The molecule has 0 atom stereocenters. The summed E-state index contributed by atoms with van der Waals surface area (Å²) < 4.78 is 53.9. The van der Waals surface area contributed by atoms with E-state index in [0.717, 1.165) is 6.33 Å². The molecular weight excluding hydrogens is 242 g/mol. The summed E-state index contributed by atoms with van der Waals surface area (Å²) in [7, 11) is 0. The van der Waals surface area contributed by atoms with Crippen molar-refractivity contribution in [2.24, 2.45) is 0 Å². The molecule has 0 aromatic carbocycles. The molecule has 0 unspecified atom stereocenters. The van der Waals surface area contributed by atoms with Crippen LogP contribution in [0.1, 0.15) is 6.92 Å². The van der Waals surface area contributed by atoms with E-state index in [-0.39, 0.29) is 11.7 Å². The molecule has 4 nitrogen and oxygen atoms in total. The highest BCUT2D eigenvalue weighted by Crippen LogP contribution is 2.23. The van der Waals surface area contributed by atoms with Crippen molar-refractivity contribution in [1.82, 2.24) is 9.97 Å². The minimum atomic E-state index is -4.10. The predicted octanol–water partition coefficient (Wildman–Crippen LogP) is 2.19. The summed E-state index contributed by atoms with van der Waals surface area (Å²) in [6.07, 6.45) is -2.63. The van der Waals surface area contributed by atoms with Crippen LogP contribution in [0, 0.1) is 0 Å². The Kier molecular flexibility index (Phi) is 4.47. The van der Waals surface area contributed by atoms with Gasteiger partial charge < -0.3 is 10.1 Å². The lowest BCUT2D eigenvalue weighted by Gasteiger charge is -2.16. The largest absolute Gasteiger partial charge is 0.478 e. The van der Waals surface area contributed by atoms with Crippen LogP contribution < -0.4 is 10.1 Å². The van der Waals surface area contributed by atoms with E-state index >= 15 is 0 Å². The van der Waals surface area contributed by atoms with Crippen molar-refractivity contribution in [2.75, 3.05) is 18.5 Å². The van der Waals surface area contributed by atoms with E-state index < -0.39 is 18.9 Å². The fourth-order valence-electron chi connectivity index (χ4n) is 0.949. The standard InChI is InChI=1S/C9H11F4N3O/c1-2-17-7-3-6(15-5-16-7)14-4-9(12,13)8(10)11/h3,5,8H,2,4H2,1H3,(H,14,15,16). The molecule has 0 saturated carbocycles. The van der Waals surface area contributed by atoms with Crippen molar-refractivity contribution in [3.63, 3.8) is 0 Å². The lowest BCUT2D eigenvalue weighted by atomic mass is 10.3. The number of hydrogen-bond donors (Lipinski definition) is 1. The Labute approximate surface area is 95.0 Å². The maximum atomic E-state index is 12.6. The monoisotopic (exact) mass is 253 g/mol. The van der Waals surface area contributed by atoms with Gasteiger partial charge in [0.05, 0.1) is 13.2 Å². The lowest BCUT2D eigenvalue weighted by molar-refractivity contribution is -0.117. The van der Waals surface area contributed by atoms with Crippen molar-refractivity contribution in [3.05, 3.63) is 12.4 Å². The Morgan fingerprint density at radius 1 is 1.41 bits per heavy atom. The summed E-state index contributed by atoms with van der Waals surface area (Å²) in [6.45, 7) is 0.872. The first-order chi connectivity index (χ1) is 7.95. The molecule has 0 amide bonds. The number of rotatable bonds is 6. The van der Waals surface area contributed by atoms with Crippen LogP contribution in [0.4, 0.5) is 23.4 Å². The summed E-state index contributed by atoms with van der Waals surface area (Å²) in [4.78, 5) is 7.30. The zero-order valence-corrected chi connectivity index (χ0v) is 8.96. The number of aromatic nitrogens is 2. The number of nitrogens with zero attached hydrogens (tertiary/aromatic N) is 2. The van der Waals surface area contributed by atoms with E-state index in [9.17, 15) is 17.6 Å². The van der Waals surface area contributed by atoms with Crippen molar-refractivity contribution in [3.8, 4) is 5.88 Å². The van der Waals surface area contributed by atoms with Crippen LogP contribution in [0.3, 0.4) is 0 Å². The average molecular weight is 253 g/mol. The zero-order chi connectivity index (χ0) is 12.9.